The van der Waals surface area contributed by atoms with Crippen molar-refractivity contribution < 1.29 is 17.6 Å². The third-order valence-corrected chi connectivity index (χ3v) is 6.08. The Labute approximate surface area is 184 Å². The molecule has 1 amide bonds. The highest BCUT2D eigenvalue weighted by molar-refractivity contribution is 7.92. The Morgan fingerprint density at radius 1 is 0.938 bits per heavy atom. The van der Waals surface area contributed by atoms with Crippen LogP contribution in [0.3, 0.4) is 0 Å². The summed E-state index contributed by atoms with van der Waals surface area (Å²) in [5, 5.41) is 6.98. The summed E-state index contributed by atoms with van der Waals surface area (Å²) in [5.41, 5.74) is 2.40. The lowest BCUT2D eigenvalue weighted by Gasteiger charge is -2.10. The Hall–Kier alpha value is -3.98. The first-order chi connectivity index (χ1) is 15.4. The van der Waals surface area contributed by atoms with Gasteiger partial charge in [-0.05, 0) is 72.3 Å². The molecule has 9 heteroatoms. The number of rotatable bonds is 7. The Morgan fingerprint density at radius 3 is 2.25 bits per heavy atom. The van der Waals surface area contributed by atoms with Crippen LogP contribution in [0.2, 0.25) is 0 Å². The zero-order valence-electron chi connectivity index (χ0n) is 16.8. The monoisotopic (exact) mass is 450 g/mol. The second-order valence-corrected chi connectivity index (χ2v) is 8.62. The van der Waals surface area contributed by atoms with Crippen LogP contribution < -0.4 is 10.0 Å². The highest BCUT2D eigenvalue weighted by Gasteiger charge is 2.15. The van der Waals surface area contributed by atoms with Gasteiger partial charge in [-0.25, -0.2) is 17.5 Å². The fourth-order valence-electron chi connectivity index (χ4n) is 2.99. The van der Waals surface area contributed by atoms with E-state index in [0.29, 0.717) is 12.1 Å². The standard InChI is InChI=1S/C23H19FN4O3S/c24-19-6-8-20(9-7-19)27-32(30,31)22-12-4-18(5-13-22)23(29)25-16-17-2-10-21(11-3-17)28-15-1-14-26-28/h1-15,27H,16H2,(H,25,29). The lowest BCUT2D eigenvalue weighted by molar-refractivity contribution is 0.0951. The SMILES string of the molecule is O=C(NCc1ccc(-n2cccn2)cc1)c1ccc(S(=O)(=O)Nc2ccc(F)cc2)cc1. The van der Waals surface area contributed by atoms with E-state index in [9.17, 15) is 17.6 Å². The number of carbonyl (C=O) groups is 1. The number of carbonyl (C=O) groups excluding carboxylic acids is 1. The molecule has 0 fully saturated rings. The molecule has 3 aromatic carbocycles. The van der Waals surface area contributed by atoms with Crippen molar-refractivity contribution in [3.05, 3.63) is 108 Å². The van der Waals surface area contributed by atoms with Gasteiger partial charge in [0.1, 0.15) is 5.82 Å². The third-order valence-electron chi connectivity index (χ3n) is 4.68. The first-order valence-corrected chi connectivity index (χ1v) is 11.1. The van der Waals surface area contributed by atoms with Crippen molar-refractivity contribution in [3.8, 4) is 5.69 Å². The van der Waals surface area contributed by atoms with E-state index in [0.717, 1.165) is 23.4 Å². The molecular formula is C23H19FN4O3S. The Balaban J connectivity index is 1.37. The second kappa shape index (κ2) is 9.03. The Bertz CT molecular complexity index is 1300. The number of aromatic nitrogens is 2. The number of nitrogens with one attached hydrogen (secondary N) is 2. The second-order valence-electron chi connectivity index (χ2n) is 6.94. The molecule has 0 aliphatic carbocycles. The van der Waals surface area contributed by atoms with Gasteiger partial charge in [0.25, 0.3) is 15.9 Å². The molecule has 4 rings (SSSR count). The van der Waals surface area contributed by atoms with Crippen LogP contribution in [-0.2, 0) is 16.6 Å². The molecule has 0 saturated heterocycles. The number of nitrogens with zero attached hydrogens (tertiary/aromatic N) is 2. The quantitative estimate of drug-likeness (QED) is 0.449. The van der Waals surface area contributed by atoms with Crippen molar-refractivity contribution >= 4 is 21.6 Å². The van der Waals surface area contributed by atoms with Crippen LogP contribution in [0, 0.1) is 5.82 Å². The number of amides is 1. The van der Waals surface area contributed by atoms with Gasteiger partial charge in [-0.15, -0.1) is 0 Å². The van der Waals surface area contributed by atoms with Crippen LogP contribution in [0.5, 0.6) is 0 Å². The van der Waals surface area contributed by atoms with Gasteiger partial charge in [0.2, 0.25) is 0 Å². The van der Waals surface area contributed by atoms with Crippen molar-refractivity contribution in [2.75, 3.05) is 4.72 Å². The predicted octanol–water partition coefficient (Wildman–Crippen LogP) is 3.74. The minimum atomic E-state index is -3.86. The van der Waals surface area contributed by atoms with Crippen LogP contribution in [0.15, 0.2) is 96.2 Å². The van der Waals surface area contributed by atoms with Crippen LogP contribution in [0.25, 0.3) is 5.69 Å². The number of hydrogen-bond donors (Lipinski definition) is 2. The van der Waals surface area contributed by atoms with Crippen LogP contribution in [-0.4, -0.2) is 24.1 Å². The fraction of sp³-hybridized carbons (Fsp3) is 0.0435. The summed E-state index contributed by atoms with van der Waals surface area (Å²) in [6.07, 6.45) is 3.54. The zero-order chi connectivity index (χ0) is 22.6. The van der Waals surface area contributed by atoms with E-state index in [-0.39, 0.29) is 16.5 Å². The molecule has 2 N–H and O–H groups in total. The molecule has 7 nitrogen and oxygen atoms in total. The van der Waals surface area contributed by atoms with Gasteiger partial charge in [0.15, 0.2) is 0 Å². The molecule has 0 spiro atoms. The lowest BCUT2D eigenvalue weighted by atomic mass is 10.2. The molecule has 0 saturated carbocycles. The third kappa shape index (κ3) is 5.01. The maximum absolute atomic E-state index is 13.0. The highest BCUT2D eigenvalue weighted by Crippen LogP contribution is 2.17. The van der Waals surface area contributed by atoms with E-state index in [1.165, 1.54) is 36.4 Å². The number of benzene rings is 3. The van der Waals surface area contributed by atoms with Gasteiger partial charge in [-0.2, -0.15) is 5.10 Å². The van der Waals surface area contributed by atoms with Gasteiger partial charge in [-0.1, -0.05) is 12.1 Å². The molecule has 0 bridgehead atoms. The molecule has 32 heavy (non-hydrogen) atoms. The van der Waals surface area contributed by atoms with Gasteiger partial charge >= 0.3 is 0 Å². The van der Waals surface area contributed by atoms with Crippen molar-refractivity contribution in [2.24, 2.45) is 0 Å². The van der Waals surface area contributed by atoms with Crippen LogP contribution >= 0.6 is 0 Å². The minimum Gasteiger partial charge on any atom is -0.348 e. The number of hydrogen-bond acceptors (Lipinski definition) is 4. The number of anilines is 1. The fourth-order valence-corrected chi connectivity index (χ4v) is 4.05. The molecule has 0 atom stereocenters. The number of sulfonamides is 1. The predicted molar refractivity (Wildman–Crippen MR) is 118 cm³/mol. The summed E-state index contributed by atoms with van der Waals surface area (Å²) in [7, 11) is -3.86. The molecule has 0 unspecified atom stereocenters. The molecule has 1 aromatic heterocycles. The number of halogens is 1. The van der Waals surface area contributed by atoms with E-state index in [1.54, 1.807) is 10.9 Å². The van der Waals surface area contributed by atoms with Crippen LogP contribution in [0.1, 0.15) is 15.9 Å². The van der Waals surface area contributed by atoms with Crippen LogP contribution in [0.4, 0.5) is 10.1 Å². The van der Waals surface area contributed by atoms with Crippen molar-refractivity contribution in [1.29, 1.82) is 0 Å². The van der Waals surface area contributed by atoms with E-state index in [1.807, 2.05) is 36.5 Å². The topological polar surface area (TPSA) is 93.1 Å². The maximum Gasteiger partial charge on any atom is 0.261 e. The molecule has 162 valence electrons. The maximum atomic E-state index is 13.0. The van der Waals surface area contributed by atoms with Gasteiger partial charge in [0, 0.05) is 30.2 Å². The molecule has 0 aliphatic heterocycles. The Morgan fingerprint density at radius 2 is 1.62 bits per heavy atom. The van der Waals surface area contributed by atoms with E-state index in [2.05, 4.69) is 15.1 Å². The average molecular weight is 450 g/mol. The molecule has 0 aliphatic rings. The largest absolute Gasteiger partial charge is 0.348 e. The molecular weight excluding hydrogens is 431 g/mol. The summed E-state index contributed by atoms with van der Waals surface area (Å²) < 4.78 is 42.1. The normalized spacial score (nSPS) is 11.2. The average Bonchev–Trinajstić information content (AvgIpc) is 3.34. The smallest absolute Gasteiger partial charge is 0.261 e. The van der Waals surface area contributed by atoms with E-state index >= 15 is 0 Å². The van der Waals surface area contributed by atoms with Crippen molar-refractivity contribution in [3.63, 3.8) is 0 Å². The van der Waals surface area contributed by atoms with Gasteiger partial charge in [0.05, 0.1) is 10.6 Å². The summed E-state index contributed by atoms with van der Waals surface area (Å²) >= 11 is 0. The summed E-state index contributed by atoms with van der Waals surface area (Å²) in [4.78, 5) is 12.4. The van der Waals surface area contributed by atoms with Gasteiger partial charge in [-0.3, -0.25) is 9.52 Å². The molecule has 0 radical (unpaired) electrons. The zero-order valence-corrected chi connectivity index (χ0v) is 17.6. The van der Waals surface area contributed by atoms with Crippen molar-refractivity contribution in [1.82, 2.24) is 15.1 Å². The Kier molecular flexibility index (Phi) is 6.00. The summed E-state index contributed by atoms with van der Waals surface area (Å²) in [6.45, 7) is 0.324. The first-order valence-electron chi connectivity index (χ1n) is 9.66. The van der Waals surface area contributed by atoms with Crippen molar-refractivity contribution in [2.45, 2.75) is 11.4 Å². The van der Waals surface area contributed by atoms with E-state index in [4.69, 9.17) is 0 Å². The minimum absolute atomic E-state index is 0.00687. The summed E-state index contributed by atoms with van der Waals surface area (Å²) in [5.74, 6) is -0.784. The van der Waals surface area contributed by atoms with Gasteiger partial charge < -0.3 is 5.32 Å². The highest BCUT2D eigenvalue weighted by atomic mass is 32.2. The first kappa shape index (κ1) is 21.3. The van der Waals surface area contributed by atoms with E-state index < -0.39 is 15.8 Å². The molecule has 4 aromatic rings. The lowest BCUT2D eigenvalue weighted by Crippen LogP contribution is -2.23. The summed E-state index contributed by atoms with van der Waals surface area (Å²) in [6, 6.07) is 20.0. The molecule has 1 heterocycles.